The zero-order chi connectivity index (χ0) is 41.1. The Kier molecular flexibility index (Phi) is 43.0. The lowest BCUT2D eigenvalue weighted by Gasteiger charge is -2.34. The molecule has 0 atom stereocenters. The lowest BCUT2D eigenvalue weighted by Crippen LogP contribution is -2.53. The molecule has 55 heavy (non-hydrogen) atoms. The van der Waals surface area contributed by atoms with Crippen molar-refractivity contribution in [1.29, 1.82) is 0 Å². The topological polar surface area (TPSA) is 145 Å². The minimum absolute atomic E-state index is 0.108. The Morgan fingerprint density at radius 1 is 0.509 bits per heavy atom. The van der Waals surface area contributed by atoms with Crippen LogP contribution in [0.4, 0.5) is 0 Å². The number of unbranched alkanes of at least 4 members (excludes halogenated alkanes) is 28. The minimum atomic E-state index is -4.41. The highest BCUT2D eigenvalue weighted by Gasteiger charge is 2.21. The molecule has 10 nitrogen and oxygen atoms in total. The number of likely N-dealkylation sites (N-methyl/N-ethyl adjacent to an activating group) is 1. The van der Waals surface area contributed by atoms with Crippen LogP contribution in [0.1, 0.15) is 219 Å². The monoisotopic (exact) mass is 806 g/mol. The van der Waals surface area contributed by atoms with Gasteiger partial charge in [0.2, 0.25) is 22.2 Å². The number of carbonyl (C=O) groups is 2. The maximum atomic E-state index is 12.4. The lowest BCUT2D eigenvalue weighted by molar-refractivity contribution is -0.907. The van der Waals surface area contributed by atoms with Crippen LogP contribution in [-0.2, 0) is 24.2 Å². The number of hydrogen-bond acceptors (Lipinski definition) is 7. The van der Waals surface area contributed by atoms with Gasteiger partial charge in [-0.2, -0.15) is 0 Å². The summed E-state index contributed by atoms with van der Waals surface area (Å²) in [5, 5.41) is 15.8. The highest BCUT2D eigenvalue weighted by atomic mass is 32.3. The first-order valence-electron chi connectivity index (χ1n) is 23.0. The van der Waals surface area contributed by atoms with E-state index in [1.807, 2.05) is 0 Å². The van der Waals surface area contributed by atoms with E-state index in [4.69, 9.17) is 0 Å². The first kappa shape index (κ1) is 55.8. The third-order valence-electron chi connectivity index (χ3n) is 10.8. The van der Waals surface area contributed by atoms with E-state index in [0.717, 1.165) is 45.9 Å². The van der Waals surface area contributed by atoms with Crippen molar-refractivity contribution < 1.29 is 36.3 Å². The van der Waals surface area contributed by atoms with Crippen LogP contribution < -0.4 is 10.6 Å². The number of rotatable bonds is 41. The minimum Gasteiger partial charge on any atom is -0.726 e. The predicted octanol–water partition coefficient (Wildman–Crippen LogP) is 10.3. The summed E-state index contributed by atoms with van der Waals surface area (Å²) in [7, 11) is -1.50. The molecule has 0 aromatic rings. The van der Waals surface area contributed by atoms with Gasteiger partial charge in [-0.05, 0) is 12.8 Å². The number of quaternary nitrogens is 1. The first-order valence-corrected chi connectivity index (χ1v) is 24.4. The molecule has 0 spiro atoms. The molecule has 0 aromatic carbocycles. The fourth-order valence-corrected chi connectivity index (χ4v) is 7.00. The van der Waals surface area contributed by atoms with Gasteiger partial charge in [0.25, 0.3) is 0 Å². The summed E-state index contributed by atoms with van der Waals surface area (Å²) in [6.45, 7) is 8.05. The molecule has 0 aromatic heterocycles. The molecule has 0 saturated carbocycles. The number of amides is 2. The molecule has 0 saturated heterocycles. The van der Waals surface area contributed by atoms with Crippen molar-refractivity contribution in [3.8, 4) is 0 Å². The second kappa shape index (κ2) is 42.3. The van der Waals surface area contributed by atoms with E-state index >= 15 is 0 Å². The number of nitrogens with one attached hydrogen (secondary N) is 2. The summed E-state index contributed by atoms with van der Waals surface area (Å²) in [6, 6.07) is 0. The van der Waals surface area contributed by atoms with Crippen molar-refractivity contribution in [2.75, 3.05) is 53.5 Å². The molecule has 11 heteroatoms. The highest BCUT2D eigenvalue weighted by molar-refractivity contribution is 7.80. The van der Waals surface area contributed by atoms with Crippen molar-refractivity contribution in [3.63, 3.8) is 0 Å². The normalized spacial score (nSPS) is 11.7. The summed E-state index contributed by atoms with van der Waals surface area (Å²) < 4.78 is 31.7. The van der Waals surface area contributed by atoms with Gasteiger partial charge in [0, 0.05) is 12.8 Å². The van der Waals surface area contributed by atoms with Gasteiger partial charge in [-0.3, -0.25) is 13.8 Å². The van der Waals surface area contributed by atoms with Crippen LogP contribution in [0.5, 0.6) is 0 Å². The second-order valence-electron chi connectivity index (χ2n) is 16.2. The molecular formula is C44H91N3O7S. The Labute approximate surface area is 341 Å². The van der Waals surface area contributed by atoms with Crippen LogP contribution in [0.3, 0.4) is 0 Å². The number of nitrogens with zero attached hydrogens (tertiary/aromatic N) is 1. The third-order valence-corrected chi connectivity index (χ3v) is 11.2. The molecule has 0 aliphatic carbocycles. The fourth-order valence-electron chi connectivity index (χ4n) is 7.00. The van der Waals surface area contributed by atoms with Gasteiger partial charge in [-0.15, -0.1) is 0 Å². The zero-order valence-corrected chi connectivity index (χ0v) is 37.4. The molecule has 0 heterocycles. The quantitative estimate of drug-likeness (QED) is 0.0241. The van der Waals surface area contributed by atoms with Crippen molar-refractivity contribution in [1.82, 2.24) is 10.6 Å². The van der Waals surface area contributed by atoms with Crippen molar-refractivity contribution in [2.45, 2.75) is 219 Å². The molecule has 330 valence electrons. The molecule has 0 bridgehead atoms. The van der Waals surface area contributed by atoms with E-state index in [9.17, 15) is 27.7 Å². The number of carbonyl (C=O) groups excluding carboxylic acids is 2. The molecule has 2 amide bonds. The SMILES string of the molecule is CCCCCCCCCCCCCCCCCC(=O)NCC[N+](C)(CCO)CCNC(=O)CCCCCCCCCCCCCCCCC.COS(=O)(=O)[O-]. The maximum absolute atomic E-state index is 12.4. The van der Waals surface area contributed by atoms with Crippen LogP contribution in [0, 0.1) is 0 Å². The fraction of sp³-hybridized carbons (Fsp3) is 0.955. The highest BCUT2D eigenvalue weighted by Crippen LogP contribution is 2.15. The Morgan fingerprint density at radius 2 is 0.745 bits per heavy atom. The van der Waals surface area contributed by atoms with Crippen molar-refractivity contribution in [2.24, 2.45) is 0 Å². The van der Waals surface area contributed by atoms with E-state index < -0.39 is 10.4 Å². The van der Waals surface area contributed by atoms with Gasteiger partial charge < -0.3 is 24.8 Å². The van der Waals surface area contributed by atoms with Crippen molar-refractivity contribution in [3.05, 3.63) is 0 Å². The summed E-state index contributed by atoms with van der Waals surface area (Å²) in [5.41, 5.74) is 0. The average Bonchev–Trinajstić information content (AvgIpc) is 3.15. The molecule has 3 N–H and O–H groups in total. The molecule has 0 aliphatic heterocycles. The third kappa shape index (κ3) is 47.0. The van der Waals surface area contributed by atoms with Crippen LogP contribution in [0.25, 0.3) is 0 Å². The Balaban J connectivity index is 0. The molecule has 0 aliphatic rings. The van der Waals surface area contributed by atoms with Gasteiger partial charge in [-0.1, -0.05) is 194 Å². The standard InChI is InChI=1S/C43H87N3O3.CH4O4S/c1-4-6-8-10-12-14-16-18-20-22-24-26-28-30-32-34-42(48)44-36-38-46(3,40-41-47)39-37-45-43(49)35-33-31-29-27-25-23-21-19-17-15-13-11-9-7-5-2;1-5-6(2,3)4/h47H,4-41H2,1-3H3,(H-,44,45,48,49);1H3,(H,2,3,4). The van der Waals surface area contributed by atoms with Crippen LogP contribution >= 0.6 is 0 Å². The zero-order valence-electron chi connectivity index (χ0n) is 36.6. The first-order chi connectivity index (χ1) is 26.5. The van der Waals surface area contributed by atoms with Gasteiger partial charge in [0.1, 0.15) is 6.54 Å². The predicted molar refractivity (Wildman–Crippen MR) is 230 cm³/mol. The summed E-state index contributed by atoms with van der Waals surface area (Å²) in [4.78, 5) is 24.8. The average molecular weight is 806 g/mol. The smallest absolute Gasteiger partial charge is 0.220 e. The molecular weight excluding hydrogens is 715 g/mol. The number of aliphatic hydroxyl groups is 1. The largest absolute Gasteiger partial charge is 0.726 e. The number of hydrogen-bond donors (Lipinski definition) is 3. The summed E-state index contributed by atoms with van der Waals surface area (Å²) in [5.74, 6) is 0.282. The van der Waals surface area contributed by atoms with E-state index in [2.05, 4.69) is 35.7 Å². The summed E-state index contributed by atoms with van der Waals surface area (Å²) >= 11 is 0. The Bertz CT molecular complexity index is 884. The number of aliphatic hydroxyl groups excluding tert-OH is 1. The van der Waals surface area contributed by atoms with Crippen molar-refractivity contribution >= 4 is 22.2 Å². The second-order valence-corrected chi connectivity index (χ2v) is 17.3. The van der Waals surface area contributed by atoms with Gasteiger partial charge in [-0.25, -0.2) is 8.42 Å². The van der Waals surface area contributed by atoms with E-state index in [1.165, 1.54) is 167 Å². The molecule has 0 fully saturated rings. The van der Waals surface area contributed by atoms with Crippen LogP contribution in [0.2, 0.25) is 0 Å². The van der Waals surface area contributed by atoms with E-state index in [0.29, 0.717) is 37.0 Å². The Hall–Kier alpha value is -1.27. The van der Waals surface area contributed by atoms with Crippen LogP contribution in [0.15, 0.2) is 0 Å². The van der Waals surface area contributed by atoms with E-state index in [-0.39, 0.29) is 18.4 Å². The lowest BCUT2D eigenvalue weighted by atomic mass is 10.0. The molecule has 0 rings (SSSR count). The molecule has 0 unspecified atom stereocenters. The van der Waals surface area contributed by atoms with Gasteiger partial charge in [0.05, 0.1) is 46.9 Å². The summed E-state index contributed by atoms with van der Waals surface area (Å²) in [6.07, 6.45) is 41.2. The Morgan fingerprint density at radius 3 is 0.964 bits per heavy atom. The molecule has 0 radical (unpaired) electrons. The maximum Gasteiger partial charge on any atom is 0.220 e. The van der Waals surface area contributed by atoms with Gasteiger partial charge in [0.15, 0.2) is 0 Å². The van der Waals surface area contributed by atoms with E-state index in [1.54, 1.807) is 0 Å². The van der Waals surface area contributed by atoms with Crippen LogP contribution in [-0.4, -0.2) is 87.9 Å². The van der Waals surface area contributed by atoms with Gasteiger partial charge >= 0.3 is 0 Å².